The van der Waals surface area contributed by atoms with Crippen molar-refractivity contribution in [2.45, 2.75) is 6.54 Å². The Morgan fingerprint density at radius 3 is 2.31 bits per heavy atom. The molecular formula is C17H18Cl2FN3O3. The molecular weight excluding hydrogens is 384 g/mol. The van der Waals surface area contributed by atoms with Crippen LogP contribution >= 0.6 is 24.0 Å². The monoisotopic (exact) mass is 401 g/mol. The first-order chi connectivity index (χ1) is 12.0. The molecule has 1 aliphatic heterocycles. The van der Waals surface area contributed by atoms with Gasteiger partial charge in [-0.25, -0.2) is 4.39 Å². The van der Waals surface area contributed by atoms with Crippen LogP contribution in [-0.2, 0) is 6.54 Å². The van der Waals surface area contributed by atoms with Crippen LogP contribution in [0.25, 0.3) is 0 Å². The number of piperazine rings is 1. The average molecular weight is 402 g/mol. The first-order valence-corrected chi connectivity index (χ1v) is 8.19. The minimum atomic E-state index is -0.649. The molecule has 2 N–H and O–H groups in total. The summed E-state index contributed by atoms with van der Waals surface area (Å²) in [6.07, 6.45) is 1.38. The van der Waals surface area contributed by atoms with Gasteiger partial charge in [-0.15, -0.1) is 12.4 Å². The van der Waals surface area contributed by atoms with Crippen molar-refractivity contribution < 1.29 is 18.4 Å². The smallest absolute Gasteiger partial charge is 0.258 e. The fourth-order valence-corrected chi connectivity index (χ4v) is 3.00. The molecule has 2 amide bonds. The van der Waals surface area contributed by atoms with Crippen LogP contribution in [0.1, 0.15) is 26.5 Å². The van der Waals surface area contributed by atoms with Crippen molar-refractivity contribution in [2.24, 2.45) is 5.73 Å². The molecule has 6 nitrogen and oxygen atoms in total. The second kappa shape index (κ2) is 8.53. The number of rotatable bonds is 3. The first kappa shape index (κ1) is 20.2. The lowest BCUT2D eigenvalue weighted by Gasteiger charge is -2.34. The molecule has 140 valence electrons. The highest BCUT2D eigenvalue weighted by Crippen LogP contribution is 2.22. The van der Waals surface area contributed by atoms with E-state index in [0.717, 1.165) is 0 Å². The zero-order chi connectivity index (χ0) is 18.0. The lowest BCUT2D eigenvalue weighted by molar-refractivity contribution is 0.0532. The molecule has 0 aliphatic carbocycles. The molecule has 26 heavy (non-hydrogen) atoms. The van der Waals surface area contributed by atoms with Crippen LogP contribution in [0.15, 0.2) is 34.9 Å². The summed E-state index contributed by atoms with van der Waals surface area (Å²) in [7, 11) is 0. The molecule has 0 saturated carbocycles. The van der Waals surface area contributed by atoms with Gasteiger partial charge in [0.05, 0.1) is 22.7 Å². The maximum absolute atomic E-state index is 13.9. The molecule has 1 aromatic carbocycles. The third-order valence-electron chi connectivity index (χ3n) is 4.13. The summed E-state index contributed by atoms with van der Waals surface area (Å²) in [6.45, 7) is 1.52. The quantitative estimate of drug-likeness (QED) is 0.856. The van der Waals surface area contributed by atoms with E-state index in [2.05, 4.69) is 0 Å². The Morgan fingerprint density at radius 2 is 1.77 bits per heavy atom. The second-order valence-corrected chi connectivity index (χ2v) is 6.09. The molecule has 1 fully saturated rings. The summed E-state index contributed by atoms with van der Waals surface area (Å²) in [5.74, 6) is -0.765. The number of benzene rings is 1. The van der Waals surface area contributed by atoms with E-state index in [-0.39, 0.29) is 35.4 Å². The van der Waals surface area contributed by atoms with Crippen LogP contribution in [0.3, 0.4) is 0 Å². The highest BCUT2D eigenvalue weighted by molar-refractivity contribution is 6.33. The number of hydrogen-bond acceptors (Lipinski definition) is 4. The predicted octanol–water partition coefficient (Wildman–Crippen LogP) is 2.55. The summed E-state index contributed by atoms with van der Waals surface area (Å²) in [4.78, 5) is 28.0. The number of furan rings is 1. The van der Waals surface area contributed by atoms with Crippen LogP contribution in [0.4, 0.5) is 4.39 Å². The lowest BCUT2D eigenvalue weighted by atomic mass is 10.1. The molecule has 9 heteroatoms. The molecule has 2 heterocycles. The van der Waals surface area contributed by atoms with Crippen LogP contribution in [-0.4, -0.2) is 47.8 Å². The average Bonchev–Trinajstić information content (AvgIpc) is 3.10. The minimum Gasteiger partial charge on any atom is -0.467 e. The lowest BCUT2D eigenvalue weighted by Crippen LogP contribution is -2.50. The molecule has 1 aliphatic rings. The number of hydrogen-bond donors (Lipinski definition) is 1. The van der Waals surface area contributed by atoms with Gasteiger partial charge < -0.3 is 20.0 Å². The van der Waals surface area contributed by atoms with E-state index in [4.69, 9.17) is 21.8 Å². The van der Waals surface area contributed by atoms with Crippen LogP contribution < -0.4 is 5.73 Å². The van der Waals surface area contributed by atoms with Gasteiger partial charge in [0.2, 0.25) is 0 Å². The standard InChI is InChI=1S/C17H17ClFN3O3.ClH/c18-13-2-1-3-14(19)15(13)17(24)22-6-4-21(5-7-22)16(23)11-8-12(9-20)25-10-11;/h1-3,8,10H,4-7,9,20H2;1H. The molecule has 1 aromatic heterocycles. The molecule has 0 atom stereocenters. The summed E-state index contributed by atoms with van der Waals surface area (Å²) in [5, 5.41) is 0.0798. The number of carbonyl (C=O) groups is 2. The number of carbonyl (C=O) groups excluding carboxylic acids is 2. The van der Waals surface area contributed by atoms with Crippen LogP contribution in [0.2, 0.25) is 5.02 Å². The van der Waals surface area contributed by atoms with Gasteiger partial charge in [-0.1, -0.05) is 17.7 Å². The van der Waals surface area contributed by atoms with Crippen molar-refractivity contribution in [3.8, 4) is 0 Å². The predicted molar refractivity (Wildman–Crippen MR) is 97.1 cm³/mol. The van der Waals surface area contributed by atoms with Gasteiger partial charge in [0.15, 0.2) is 0 Å². The Balaban J connectivity index is 0.00000243. The van der Waals surface area contributed by atoms with E-state index in [1.54, 1.807) is 11.0 Å². The molecule has 1 saturated heterocycles. The fourth-order valence-electron chi connectivity index (χ4n) is 2.76. The summed E-state index contributed by atoms with van der Waals surface area (Å²) in [6, 6.07) is 5.74. The fraction of sp³-hybridized carbons (Fsp3) is 0.294. The van der Waals surface area contributed by atoms with Gasteiger partial charge in [0.25, 0.3) is 11.8 Å². The van der Waals surface area contributed by atoms with Gasteiger partial charge in [-0.05, 0) is 18.2 Å². The molecule has 0 unspecified atom stereocenters. The number of nitrogens with two attached hydrogens (primary N) is 1. The van der Waals surface area contributed by atoms with Crippen molar-refractivity contribution in [3.63, 3.8) is 0 Å². The highest BCUT2D eigenvalue weighted by Gasteiger charge is 2.28. The van der Waals surface area contributed by atoms with Gasteiger partial charge in [-0.3, -0.25) is 9.59 Å². The SMILES string of the molecule is Cl.NCc1cc(C(=O)N2CCN(C(=O)c3c(F)cccc3Cl)CC2)co1. The maximum atomic E-state index is 13.9. The van der Waals surface area contributed by atoms with Crippen molar-refractivity contribution in [1.82, 2.24) is 9.80 Å². The van der Waals surface area contributed by atoms with Gasteiger partial charge in [-0.2, -0.15) is 0 Å². The zero-order valence-corrected chi connectivity index (χ0v) is 15.4. The summed E-state index contributed by atoms with van der Waals surface area (Å²) in [5.41, 5.74) is 5.76. The van der Waals surface area contributed by atoms with Gasteiger partial charge in [0.1, 0.15) is 17.8 Å². The number of halogens is 3. The van der Waals surface area contributed by atoms with E-state index in [1.165, 1.54) is 29.4 Å². The Morgan fingerprint density at radius 1 is 1.15 bits per heavy atom. The van der Waals surface area contributed by atoms with E-state index in [0.29, 0.717) is 37.5 Å². The van der Waals surface area contributed by atoms with Crippen molar-refractivity contribution in [3.05, 3.63) is 58.3 Å². The second-order valence-electron chi connectivity index (χ2n) is 5.69. The minimum absolute atomic E-state index is 0. The van der Waals surface area contributed by atoms with E-state index in [9.17, 15) is 14.0 Å². The molecule has 0 radical (unpaired) electrons. The molecule has 0 bridgehead atoms. The zero-order valence-electron chi connectivity index (χ0n) is 13.8. The normalized spacial score (nSPS) is 14.1. The first-order valence-electron chi connectivity index (χ1n) is 7.81. The third-order valence-corrected chi connectivity index (χ3v) is 4.45. The van der Waals surface area contributed by atoms with Gasteiger partial charge in [0, 0.05) is 26.2 Å². The van der Waals surface area contributed by atoms with Crippen molar-refractivity contribution in [2.75, 3.05) is 26.2 Å². The largest absolute Gasteiger partial charge is 0.467 e. The summed E-state index contributed by atoms with van der Waals surface area (Å²) < 4.78 is 19.1. The van der Waals surface area contributed by atoms with Crippen molar-refractivity contribution in [1.29, 1.82) is 0 Å². The number of nitrogens with zero attached hydrogens (tertiary/aromatic N) is 2. The van der Waals surface area contributed by atoms with Crippen molar-refractivity contribution >= 4 is 35.8 Å². The van der Waals surface area contributed by atoms with E-state index >= 15 is 0 Å². The Hall–Kier alpha value is -2.09. The molecule has 2 aromatic rings. The Bertz CT molecular complexity index is 784. The van der Waals surface area contributed by atoms with E-state index < -0.39 is 11.7 Å². The molecule has 0 spiro atoms. The van der Waals surface area contributed by atoms with E-state index in [1.807, 2.05) is 0 Å². The topological polar surface area (TPSA) is 79.8 Å². The highest BCUT2D eigenvalue weighted by atomic mass is 35.5. The third kappa shape index (κ3) is 4.00. The summed E-state index contributed by atoms with van der Waals surface area (Å²) >= 11 is 5.95. The Labute approximate surface area is 161 Å². The Kier molecular flexibility index (Phi) is 6.63. The molecule has 3 rings (SSSR count). The van der Waals surface area contributed by atoms with Gasteiger partial charge >= 0.3 is 0 Å². The maximum Gasteiger partial charge on any atom is 0.258 e. The van der Waals surface area contributed by atoms with Crippen LogP contribution in [0.5, 0.6) is 0 Å². The number of amides is 2. The van der Waals surface area contributed by atoms with Crippen LogP contribution in [0, 0.1) is 5.82 Å².